The van der Waals surface area contributed by atoms with E-state index in [1.807, 2.05) is 0 Å². The van der Waals surface area contributed by atoms with E-state index in [0.717, 1.165) is 18.4 Å². The smallest absolute Gasteiger partial charge is 0.464 e. The molecule has 0 atom stereocenters. The van der Waals surface area contributed by atoms with E-state index in [-0.39, 0.29) is 11.3 Å². The first kappa shape index (κ1) is 13.8. The molecular formula is C11H5F4NO4. The minimum atomic E-state index is -5.20. The molecule has 106 valence electrons. The van der Waals surface area contributed by atoms with E-state index in [2.05, 4.69) is 4.74 Å². The van der Waals surface area contributed by atoms with Gasteiger partial charge in [0, 0.05) is 6.07 Å². The molecule has 1 aromatic heterocycles. The summed E-state index contributed by atoms with van der Waals surface area (Å²) in [6, 6.07) is 4.29. The summed E-state index contributed by atoms with van der Waals surface area (Å²) in [5.74, 6) is -3.14. The van der Waals surface area contributed by atoms with Crippen LogP contribution in [0.3, 0.4) is 0 Å². The molecule has 0 bridgehead atoms. The van der Waals surface area contributed by atoms with E-state index >= 15 is 0 Å². The van der Waals surface area contributed by atoms with Crippen LogP contribution in [0.1, 0.15) is 0 Å². The summed E-state index contributed by atoms with van der Waals surface area (Å²) in [4.78, 5) is 9.39. The van der Waals surface area contributed by atoms with E-state index in [1.54, 1.807) is 0 Å². The summed E-state index contributed by atoms with van der Waals surface area (Å²) in [5, 5.41) is 10.5. The standard InChI is InChI=1S/C11H5F4NO4/c12-9-7(16(17)18)4-3-6(8-2-1-5-19-8)10(9)20-11(13,14)15/h1-5H. The molecule has 0 fully saturated rings. The van der Waals surface area contributed by atoms with E-state index in [0.29, 0.717) is 0 Å². The zero-order valence-electron chi connectivity index (χ0n) is 9.48. The van der Waals surface area contributed by atoms with E-state index in [4.69, 9.17) is 4.42 Å². The summed E-state index contributed by atoms with van der Waals surface area (Å²) in [6.07, 6.45) is -4.04. The number of ether oxygens (including phenoxy) is 1. The Hall–Kier alpha value is -2.58. The Balaban J connectivity index is 2.63. The van der Waals surface area contributed by atoms with Crippen molar-refractivity contribution in [2.45, 2.75) is 6.36 Å². The second kappa shape index (κ2) is 4.83. The number of furan rings is 1. The summed E-state index contributed by atoms with van der Waals surface area (Å²) in [5.41, 5.74) is -1.50. The molecule has 2 aromatic rings. The quantitative estimate of drug-likeness (QED) is 0.489. The highest BCUT2D eigenvalue weighted by molar-refractivity contribution is 5.68. The predicted octanol–water partition coefficient (Wildman–Crippen LogP) is 3.89. The van der Waals surface area contributed by atoms with Crippen LogP contribution >= 0.6 is 0 Å². The zero-order chi connectivity index (χ0) is 14.9. The second-order valence-corrected chi connectivity index (χ2v) is 3.56. The SMILES string of the molecule is O=[N+]([O-])c1ccc(-c2ccco2)c(OC(F)(F)F)c1F. The monoisotopic (exact) mass is 291 g/mol. The van der Waals surface area contributed by atoms with Gasteiger partial charge in [0.2, 0.25) is 5.82 Å². The molecule has 1 aromatic carbocycles. The summed E-state index contributed by atoms with van der Waals surface area (Å²) in [7, 11) is 0. The van der Waals surface area contributed by atoms with Gasteiger partial charge in [0.05, 0.1) is 16.7 Å². The van der Waals surface area contributed by atoms with Crippen LogP contribution in [0.25, 0.3) is 11.3 Å². The fraction of sp³-hybridized carbons (Fsp3) is 0.0909. The van der Waals surface area contributed by atoms with Gasteiger partial charge in [-0.3, -0.25) is 10.1 Å². The lowest BCUT2D eigenvalue weighted by molar-refractivity contribution is -0.387. The Kier molecular flexibility index (Phi) is 3.35. The molecule has 0 aliphatic heterocycles. The Bertz CT molecular complexity index is 637. The molecule has 9 heteroatoms. The summed E-state index contributed by atoms with van der Waals surface area (Å²) < 4.78 is 59.0. The highest BCUT2D eigenvalue weighted by Crippen LogP contribution is 2.39. The lowest BCUT2D eigenvalue weighted by Crippen LogP contribution is -2.19. The maximum atomic E-state index is 13.8. The van der Waals surface area contributed by atoms with Gasteiger partial charge in [-0.25, -0.2) is 0 Å². The fourth-order valence-corrected chi connectivity index (χ4v) is 1.53. The molecule has 0 amide bonds. The van der Waals surface area contributed by atoms with Crippen molar-refractivity contribution < 1.29 is 31.6 Å². The molecule has 0 N–H and O–H groups in total. The first-order valence-corrected chi connectivity index (χ1v) is 5.06. The minimum Gasteiger partial charge on any atom is -0.464 e. The average molecular weight is 291 g/mol. The van der Waals surface area contributed by atoms with Crippen LogP contribution in [0.5, 0.6) is 5.75 Å². The molecule has 0 radical (unpaired) electrons. The molecule has 0 spiro atoms. The van der Waals surface area contributed by atoms with Gasteiger partial charge in [-0.05, 0) is 18.2 Å². The van der Waals surface area contributed by atoms with Crippen molar-refractivity contribution in [1.82, 2.24) is 0 Å². The van der Waals surface area contributed by atoms with Gasteiger partial charge in [-0.1, -0.05) is 0 Å². The van der Waals surface area contributed by atoms with Crippen LogP contribution in [0.2, 0.25) is 0 Å². The number of nitrogens with zero attached hydrogens (tertiary/aromatic N) is 1. The third-order valence-corrected chi connectivity index (χ3v) is 2.28. The van der Waals surface area contributed by atoms with Crippen LogP contribution in [0.15, 0.2) is 34.9 Å². The molecule has 2 rings (SSSR count). The Morgan fingerprint density at radius 1 is 1.25 bits per heavy atom. The minimum absolute atomic E-state index is 0.113. The van der Waals surface area contributed by atoms with Crippen LogP contribution < -0.4 is 4.74 Å². The lowest BCUT2D eigenvalue weighted by atomic mass is 10.1. The lowest BCUT2D eigenvalue weighted by Gasteiger charge is -2.12. The van der Waals surface area contributed by atoms with Crippen molar-refractivity contribution in [3.8, 4) is 17.1 Å². The van der Waals surface area contributed by atoms with Crippen molar-refractivity contribution in [1.29, 1.82) is 0 Å². The number of nitro benzene ring substituents is 1. The fourth-order valence-electron chi connectivity index (χ4n) is 1.53. The van der Waals surface area contributed by atoms with Crippen molar-refractivity contribution in [3.63, 3.8) is 0 Å². The van der Waals surface area contributed by atoms with Gasteiger partial charge in [-0.15, -0.1) is 13.2 Å². The Morgan fingerprint density at radius 3 is 2.45 bits per heavy atom. The summed E-state index contributed by atoms with van der Waals surface area (Å²) >= 11 is 0. The van der Waals surface area contributed by atoms with Crippen molar-refractivity contribution >= 4 is 5.69 Å². The average Bonchev–Trinajstić information content (AvgIpc) is 2.83. The van der Waals surface area contributed by atoms with Crippen LogP contribution in [-0.4, -0.2) is 11.3 Å². The topological polar surface area (TPSA) is 65.5 Å². The number of hydrogen-bond donors (Lipinski definition) is 0. The van der Waals surface area contributed by atoms with Crippen molar-refractivity contribution in [2.75, 3.05) is 0 Å². The zero-order valence-corrected chi connectivity index (χ0v) is 9.48. The van der Waals surface area contributed by atoms with Gasteiger partial charge in [-0.2, -0.15) is 4.39 Å². The third-order valence-electron chi connectivity index (χ3n) is 2.28. The Labute approximate surface area is 108 Å². The number of hydrogen-bond acceptors (Lipinski definition) is 4. The number of rotatable bonds is 3. The van der Waals surface area contributed by atoms with Crippen LogP contribution in [0, 0.1) is 15.9 Å². The number of benzene rings is 1. The van der Waals surface area contributed by atoms with Crippen molar-refractivity contribution in [3.05, 3.63) is 46.5 Å². The molecule has 0 unspecified atom stereocenters. The third kappa shape index (κ3) is 2.71. The van der Waals surface area contributed by atoms with Crippen LogP contribution in [0.4, 0.5) is 23.2 Å². The predicted molar refractivity (Wildman–Crippen MR) is 57.4 cm³/mol. The normalized spacial score (nSPS) is 11.4. The first-order valence-electron chi connectivity index (χ1n) is 5.06. The molecule has 0 saturated heterocycles. The highest BCUT2D eigenvalue weighted by atomic mass is 19.4. The van der Waals surface area contributed by atoms with Gasteiger partial charge >= 0.3 is 12.0 Å². The molecule has 0 saturated carbocycles. The van der Waals surface area contributed by atoms with E-state index < -0.39 is 28.5 Å². The first-order chi connectivity index (χ1) is 9.29. The molecule has 0 aliphatic carbocycles. The number of halogens is 4. The Morgan fingerprint density at radius 2 is 1.95 bits per heavy atom. The second-order valence-electron chi connectivity index (χ2n) is 3.56. The van der Waals surface area contributed by atoms with Crippen LogP contribution in [-0.2, 0) is 0 Å². The highest BCUT2D eigenvalue weighted by Gasteiger charge is 2.36. The largest absolute Gasteiger partial charge is 0.573 e. The maximum Gasteiger partial charge on any atom is 0.573 e. The molecule has 0 aliphatic rings. The molecule has 5 nitrogen and oxygen atoms in total. The number of alkyl halides is 3. The van der Waals surface area contributed by atoms with E-state index in [9.17, 15) is 27.7 Å². The molecule has 1 heterocycles. The van der Waals surface area contributed by atoms with E-state index in [1.165, 1.54) is 12.1 Å². The molecular weight excluding hydrogens is 286 g/mol. The van der Waals surface area contributed by atoms with Gasteiger partial charge in [0.1, 0.15) is 5.76 Å². The van der Waals surface area contributed by atoms with Crippen molar-refractivity contribution in [2.24, 2.45) is 0 Å². The summed E-state index contributed by atoms with van der Waals surface area (Å²) in [6.45, 7) is 0. The van der Waals surface area contributed by atoms with Gasteiger partial charge < -0.3 is 9.15 Å². The number of nitro groups is 1. The maximum absolute atomic E-state index is 13.8. The molecule has 20 heavy (non-hydrogen) atoms. The van der Waals surface area contributed by atoms with Gasteiger partial charge in [0.25, 0.3) is 0 Å². The van der Waals surface area contributed by atoms with Gasteiger partial charge in [0.15, 0.2) is 5.75 Å².